The number of methoxy groups -OCH3 is 1. The van der Waals surface area contributed by atoms with Gasteiger partial charge in [0.15, 0.2) is 0 Å². The topological polar surface area (TPSA) is 120 Å². The molecule has 0 aromatic heterocycles. The summed E-state index contributed by atoms with van der Waals surface area (Å²) in [5, 5.41) is 5.28. The Kier molecular flexibility index (Phi) is 8.20. The number of hydroxylamine groups is 3. The molecule has 2 aromatic rings. The van der Waals surface area contributed by atoms with Crippen molar-refractivity contribution in [1.82, 2.24) is 5.32 Å². The number of rotatable bonds is 9. The van der Waals surface area contributed by atoms with Gasteiger partial charge in [-0.25, -0.2) is 4.39 Å². The predicted octanol–water partition coefficient (Wildman–Crippen LogP) is 1.55. The zero-order valence-electron chi connectivity index (χ0n) is 18.9. The number of amides is 2. The van der Waals surface area contributed by atoms with Crippen LogP contribution >= 0.6 is 0 Å². The Hall–Kier alpha value is -3.06. The van der Waals surface area contributed by atoms with Crippen molar-refractivity contribution in [3.8, 4) is 5.75 Å². The zero-order chi connectivity index (χ0) is 24.8. The molecule has 0 atom stereocenters. The van der Waals surface area contributed by atoms with Crippen molar-refractivity contribution in [2.45, 2.75) is 0 Å². The minimum Gasteiger partial charge on any atom is -0.497 e. The normalized spacial score (nSPS) is 15.4. The number of halogens is 1. The van der Waals surface area contributed by atoms with Crippen LogP contribution in [0.25, 0.3) is 0 Å². The maximum absolute atomic E-state index is 14.3. The molecule has 0 saturated carbocycles. The van der Waals surface area contributed by atoms with E-state index in [4.69, 9.17) is 13.8 Å². The van der Waals surface area contributed by atoms with E-state index in [9.17, 15) is 22.4 Å². The Morgan fingerprint density at radius 1 is 1.09 bits per heavy atom. The van der Waals surface area contributed by atoms with Crippen LogP contribution in [0, 0.1) is 5.82 Å². The van der Waals surface area contributed by atoms with Gasteiger partial charge in [-0.3, -0.25) is 9.59 Å². The molecule has 1 fully saturated rings. The van der Waals surface area contributed by atoms with Gasteiger partial charge in [0.2, 0.25) is 0 Å². The first-order valence-corrected chi connectivity index (χ1v) is 12.3. The third-order valence-electron chi connectivity index (χ3n) is 5.23. The lowest BCUT2D eigenvalue weighted by atomic mass is 10.1. The lowest BCUT2D eigenvalue weighted by molar-refractivity contribution is -1.08. The first kappa shape index (κ1) is 25.6. The van der Waals surface area contributed by atoms with Crippen molar-refractivity contribution in [2.75, 3.05) is 58.1 Å². The van der Waals surface area contributed by atoms with Crippen LogP contribution in [0.1, 0.15) is 20.7 Å². The molecule has 2 N–H and O–H groups in total. The number of carbonyl (C=O) groups excluding carboxylic acids is 2. The van der Waals surface area contributed by atoms with Crippen molar-refractivity contribution < 1.29 is 40.8 Å². The molecule has 0 bridgehead atoms. The molecule has 1 saturated heterocycles. The van der Waals surface area contributed by atoms with Gasteiger partial charge in [-0.2, -0.15) is 13.1 Å². The predicted molar refractivity (Wildman–Crippen MR) is 121 cm³/mol. The van der Waals surface area contributed by atoms with E-state index in [1.54, 1.807) is 12.1 Å². The van der Waals surface area contributed by atoms with E-state index in [1.807, 2.05) is 0 Å². The van der Waals surface area contributed by atoms with Crippen LogP contribution < -0.4 is 15.4 Å². The zero-order valence-corrected chi connectivity index (χ0v) is 19.7. The Labute approximate surface area is 197 Å². The van der Waals surface area contributed by atoms with E-state index in [-0.39, 0.29) is 40.3 Å². The van der Waals surface area contributed by atoms with E-state index in [0.29, 0.717) is 26.3 Å². The number of carbonyl (C=O) groups is 2. The first-order chi connectivity index (χ1) is 16.1. The molecule has 3 rings (SSSR count). The van der Waals surface area contributed by atoms with Gasteiger partial charge in [-0.05, 0) is 24.3 Å². The lowest BCUT2D eigenvalue weighted by Gasteiger charge is -2.36. The number of anilines is 1. The van der Waals surface area contributed by atoms with Crippen molar-refractivity contribution in [3.63, 3.8) is 0 Å². The molecule has 1 aliphatic rings. The first-order valence-electron chi connectivity index (χ1n) is 10.5. The molecule has 0 unspecified atom stereocenters. The second-order valence-corrected chi connectivity index (χ2v) is 9.28. The summed E-state index contributed by atoms with van der Waals surface area (Å²) in [6.45, 7) is 1.63. The quantitative estimate of drug-likeness (QED) is 0.506. The van der Waals surface area contributed by atoms with Crippen molar-refractivity contribution in [3.05, 3.63) is 59.4 Å². The molecule has 12 heteroatoms. The molecule has 2 aromatic carbocycles. The van der Waals surface area contributed by atoms with Gasteiger partial charge in [-0.15, -0.1) is 0 Å². The average Bonchev–Trinajstić information content (AvgIpc) is 2.78. The number of nitrogens with zero attached hydrogens (tertiary/aromatic N) is 1. The summed E-state index contributed by atoms with van der Waals surface area (Å²) >= 11 is 0. The molecular weight excluding hydrogens is 469 g/mol. The summed E-state index contributed by atoms with van der Waals surface area (Å²) in [7, 11) is -2.33. The van der Waals surface area contributed by atoms with E-state index < -0.39 is 27.7 Å². The smallest absolute Gasteiger partial charge is 0.311 e. The fraction of sp³-hybridized carbons (Fsp3) is 0.364. The van der Waals surface area contributed by atoms with Gasteiger partial charge in [0.05, 0.1) is 49.9 Å². The van der Waals surface area contributed by atoms with Crippen LogP contribution in [0.3, 0.4) is 0 Å². The van der Waals surface area contributed by atoms with Crippen molar-refractivity contribution in [1.29, 1.82) is 0 Å². The van der Waals surface area contributed by atoms with Crippen LogP contribution in [0.15, 0.2) is 42.5 Å². The largest absolute Gasteiger partial charge is 0.497 e. The fourth-order valence-electron chi connectivity index (χ4n) is 3.55. The van der Waals surface area contributed by atoms with Crippen LogP contribution in [0.5, 0.6) is 5.75 Å². The molecule has 10 nitrogen and oxygen atoms in total. The van der Waals surface area contributed by atoms with Gasteiger partial charge in [-0.1, -0.05) is 16.4 Å². The van der Waals surface area contributed by atoms with Crippen LogP contribution in [-0.4, -0.2) is 77.6 Å². The number of benzene rings is 2. The molecular formula is C22H27FN3O7S+. The van der Waals surface area contributed by atoms with E-state index >= 15 is 0 Å². The average molecular weight is 497 g/mol. The molecule has 2 amide bonds. The third kappa shape index (κ3) is 6.73. The molecule has 0 radical (unpaired) electrons. The minimum atomic E-state index is -3.72. The number of morpholine rings is 1. The highest BCUT2D eigenvalue weighted by Gasteiger charge is 2.36. The highest BCUT2D eigenvalue weighted by Crippen LogP contribution is 2.20. The SMILES string of the molecule is COc1ccc(C(=O)Nc2ccccc2C(=O)NCC[N+]2(OS(C)(=O)=O)CCOCC2)c(F)c1. The lowest BCUT2D eigenvalue weighted by Crippen LogP contribution is -2.58. The molecule has 1 heterocycles. The summed E-state index contributed by atoms with van der Waals surface area (Å²) in [6.07, 6.45) is 0.978. The summed E-state index contributed by atoms with van der Waals surface area (Å²) < 4.78 is 53.0. The fourth-order valence-corrected chi connectivity index (χ4v) is 4.35. The molecule has 184 valence electrons. The number of hydrogen-bond donors (Lipinski definition) is 2. The maximum Gasteiger partial charge on any atom is 0.311 e. The number of hydrogen-bond acceptors (Lipinski definition) is 7. The summed E-state index contributed by atoms with van der Waals surface area (Å²) in [5.74, 6) is -1.70. The van der Waals surface area contributed by atoms with Gasteiger partial charge in [0, 0.05) is 6.07 Å². The minimum absolute atomic E-state index is 0.115. The van der Waals surface area contributed by atoms with Gasteiger partial charge in [0.1, 0.15) is 31.2 Å². The Morgan fingerprint density at radius 2 is 1.79 bits per heavy atom. The summed E-state index contributed by atoms with van der Waals surface area (Å²) in [6, 6.07) is 10.1. The Balaban J connectivity index is 1.67. The Morgan fingerprint density at radius 3 is 2.44 bits per heavy atom. The second kappa shape index (κ2) is 10.9. The van der Waals surface area contributed by atoms with Gasteiger partial charge in [0.25, 0.3) is 11.8 Å². The van der Waals surface area contributed by atoms with Crippen LogP contribution in [-0.2, 0) is 19.1 Å². The summed E-state index contributed by atoms with van der Waals surface area (Å²) in [5.41, 5.74) is 0.165. The van der Waals surface area contributed by atoms with Crippen LogP contribution in [0.4, 0.5) is 10.1 Å². The van der Waals surface area contributed by atoms with Gasteiger partial charge >= 0.3 is 10.1 Å². The maximum atomic E-state index is 14.3. The molecule has 0 aliphatic carbocycles. The molecule has 1 aliphatic heterocycles. The number of nitrogens with one attached hydrogen (secondary N) is 2. The monoisotopic (exact) mass is 496 g/mol. The van der Waals surface area contributed by atoms with E-state index in [0.717, 1.165) is 12.3 Å². The summed E-state index contributed by atoms with van der Waals surface area (Å²) in [4.78, 5) is 25.4. The molecule has 34 heavy (non-hydrogen) atoms. The standard InChI is InChI=1S/C22H26FN3O7S/c1-31-16-7-8-17(19(23)15-16)22(28)25-20-6-4-3-5-18(20)21(27)24-9-10-26(33-34(2,29)30)11-13-32-14-12-26/h3-8,15H,9-14H2,1-2H3,(H-,24,25,27,28)/p+1. The van der Waals surface area contributed by atoms with Crippen molar-refractivity contribution in [2.24, 2.45) is 0 Å². The number of ether oxygens (including phenoxy) is 2. The van der Waals surface area contributed by atoms with E-state index in [2.05, 4.69) is 10.6 Å². The highest BCUT2D eigenvalue weighted by molar-refractivity contribution is 7.85. The highest BCUT2D eigenvalue weighted by atomic mass is 32.2. The van der Waals surface area contributed by atoms with E-state index in [1.165, 1.54) is 31.4 Å². The van der Waals surface area contributed by atoms with Gasteiger partial charge < -0.3 is 20.1 Å². The van der Waals surface area contributed by atoms with Crippen molar-refractivity contribution >= 4 is 27.6 Å². The second-order valence-electron chi connectivity index (χ2n) is 7.72. The third-order valence-corrected chi connectivity index (χ3v) is 5.81. The van der Waals surface area contributed by atoms with Crippen LogP contribution in [0.2, 0.25) is 0 Å². The number of quaternary nitrogens is 1. The number of para-hydroxylation sites is 1. The Bertz CT molecular complexity index is 1150. The molecule has 0 spiro atoms.